The molecule has 0 heterocycles. The average Bonchev–Trinajstić information content (AvgIpc) is 3.00. The number of ether oxygens (including phenoxy) is 2. The highest BCUT2D eigenvalue weighted by Crippen LogP contribution is 2.28. The molecule has 2 amide bonds. The van der Waals surface area contributed by atoms with Crippen LogP contribution in [0.2, 0.25) is 0 Å². The number of guanidine groups is 1. The third kappa shape index (κ3) is 10.8. The number of aliphatic imine (C=N–C) groups is 1. The number of nitrogens with zero attached hydrogens (tertiary/aromatic N) is 1. The molecule has 3 rings (SSSR count). The number of carboxylic acids is 1. The predicted octanol–water partition coefficient (Wildman–Crippen LogP) is 2.91. The summed E-state index contributed by atoms with van der Waals surface area (Å²) in [5.74, 6) is -3.02. The van der Waals surface area contributed by atoms with Crippen LogP contribution in [0, 0.1) is 6.92 Å². The lowest BCUT2D eigenvalue weighted by Crippen LogP contribution is -2.39. The molecule has 1 atom stereocenters. The second-order valence-corrected chi connectivity index (χ2v) is 11.1. The summed E-state index contributed by atoms with van der Waals surface area (Å²) in [6.07, 6.45) is -5.11. The summed E-state index contributed by atoms with van der Waals surface area (Å²) >= 11 is 0. The van der Waals surface area contributed by atoms with Gasteiger partial charge in [0.1, 0.15) is 0 Å². The molecular formula is C29H32F3N5O8S. The molecule has 0 saturated heterocycles. The van der Waals surface area contributed by atoms with E-state index in [1.807, 2.05) is 0 Å². The van der Waals surface area contributed by atoms with Crippen LogP contribution >= 0.6 is 0 Å². The van der Waals surface area contributed by atoms with Crippen LogP contribution in [0.15, 0.2) is 76.6 Å². The largest absolute Gasteiger partial charge is 0.493 e. The first-order valence-electron chi connectivity index (χ1n) is 13.1. The summed E-state index contributed by atoms with van der Waals surface area (Å²) in [6.45, 7) is 1.73. The first kappa shape index (κ1) is 37.0. The van der Waals surface area contributed by atoms with Gasteiger partial charge in [0.05, 0.1) is 25.5 Å². The number of nitrogens with two attached hydrogens (primary N) is 1. The van der Waals surface area contributed by atoms with Crippen molar-refractivity contribution in [1.82, 2.24) is 10.0 Å². The van der Waals surface area contributed by atoms with Gasteiger partial charge in [-0.1, -0.05) is 42.5 Å². The van der Waals surface area contributed by atoms with E-state index in [9.17, 15) is 31.2 Å². The number of rotatable bonds is 10. The molecule has 0 aliphatic carbocycles. The number of carbonyl (C=O) groups is 3. The minimum absolute atomic E-state index is 0.00685. The Balaban J connectivity index is 0.000000942. The van der Waals surface area contributed by atoms with Crippen LogP contribution in [-0.2, 0) is 30.8 Å². The molecule has 0 spiro atoms. The zero-order chi connectivity index (χ0) is 34.7. The highest BCUT2D eigenvalue weighted by atomic mass is 32.2. The van der Waals surface area contributed by atoms with Gasteiger partial charge < -0.3 is 25.6 Å². The molecule has 0 saturated carbocycles. The van der Waals surface area contributed by atoms with Gasteiger partial charge in [0.25, 0.3) is 5.91 Å². The van der Waals surface area contributed by atoms with Crippen molar-refractivity contribution in [1.29, 1.82) is 0 Å². The maximum atomic E-state index is 13.4. The summed E-state index contributed by atoms with van der Waals surface area (Å²) in [6, 6.07) is 17.0. The number of carboxylic acid groups (broad SMARTS) is 1. The minimum atomic E-state index is -5.08. The van der Waals surface area contributed by atoms with Gasteiger partial charge in [-0.15, -0.1) is 0 Å². The van der Waals surface area contributed by atoms with Crippen molar-refractivity contribution >= 4 is 39.5 Å². The van der Waals surface area contributed by atoms with E-state index in [4.69, 9.17) is 25.1 Å². The van der Waals surface area contributed by atoms with Gasteiger partial charge in [0, 0.05) is 5.69 Å². The summed E-state index contributed by atoms with van der Waals surface area (Å²) in [4.78, 5) is 39.2. The number of alkyl halides is 3. The van der Waals surface area contributed by atoms with E-state index in [1.165, 1.54) is 33.4 Å². The molecule has 0 aliphatic rings. The second-order valence-electron chi connectivity index (χ2n) is 9.22. The lowest BCUT2D eigenvalue weighted by Gasteiger charge is -2.17. The molecule has 3 aromatic rings. The number of aliphatic carboxylic acids is 1. The van der Waals surface area contributed by atoms with Crippen LogP contribution in [-0.4, -0.2) is 64.7 Å². The standard InChI is InChI=1S/C27H31N5O6S.C2HF3O2/c1-17-10-12-20(39(35,36)29-2)16-21(17)30-26(34)25(19-8-6-5-7-9-19)32-27(28)31-24(33)15-18-11-13-22(37-3)23(14-18)38-4;3-2(4,5)1(6)7/h5-14,16,25,29H,15H2,1-4H3,(H,30,34)(H3,28,31,32,33);(H,6,7)/t25-;/m1./s1. The van der Waals surface area contributed by atoms with Crippen molar-refractivity contribution in [2.45, 2.75) is 30.5 Å². The van der Waals surface area contributed by atoms with Crippen molar-refractivity contribution in [3.8, 4) is 11.5 Å². The Kier molecular flexibility index (Phi) is 13.1. The van der Waals surface area contributed by atoms with Crippen LogP contribution in [0.1, 0.15) is 22.7 Å². The topological polar surface area (TPSA) is 199 Å². The molecule has 0 radical (unpaired) electrons. The van der Waals surface area contributed by atoms with Gasteiger partial charge in [-0.3, -0.25) is 14.9 Å². The zero-order valence-electron chi connectivity index (χ0n) is 25.0. The fraction of sp³-hybridized carbons (Fsp3) is 0.241. The molecule has 46 heavy (non-hydrogen) atoms. The molecule has 248 valence electrons. The highest BCUT2D eigenvalue weighted by Gasteiger charge is 2.38. The minimum Gasteiger partial charge on any atom is -0.493 e. The first-order chi connectivity index (χ1) is 21.5. The quantitative estimate of drug-likeness (QED) is 0.159. The van der Waals surface area contributed by atoms with Gasteiger partial charge in [-0.25, -0.2) is 22.9 Å². The van der Waals surface area contributed by atoms with Crippen LogP contribution in [0.4, 0.5) is 18.9 Å². The first-order valence-corrected chi connectivity index (χ1v) is 14.5. The Morgan fingerprint density at radius 1 is 0.978 bits per heavy atom. The highest BCUT2D eigenvalue weighted by molar-refractivity contribution is 7.89. The normalized spacial score (nSPS) is 12.2. The number of benzene rings is 3. The number of anilines is 1. The molecule has 0 unspecified atom stereocenters. The fourth-order valence-electron chi connectivity index (χ4n) is 3.68. The summed E-state index contributed by atoms with van der Waals surface area (Å²) in [5.41, 5.74) is 8.15. The number of aryl methyl sites for hydroxylation is 1. The van der Waals surface area contributed by atoms with Gasteiger partial charge in [0.15, 0.2) is 23.5 Å². The summed E-state index contributed by atoms with van der Waals surface area (Å²) < 4.78 is 68.9. The van der Waals surface area contributed by atoms with E-state index in [0.29, 0.717) is 33.9 Å². The maximum absolute atomic E-state index is 13.4. The lowest BCUT2D eigenvalue weighted by atomic mass is 10.1. The van der Waals surface area contributed by atoms with Crippen molar-refractivity contribution in [3.63, 3.8) is 0 Å². The smallest absolute Gasteiger partial charge is 0.490 e. The van der Waals surface area contributed by atoms with Gasteiger partial charge in [0.2, 0.25) is 15.9 Å². The van der Waals surface area contributed by atoms with E-state index in [0.717, 1.165) is 0 Å². The zero-order valence-corrected chi connectivity index (χ0v) is 25.8. The van der Waals surface area contributed by atoms with E-state index in [-0.39, 0.29) is 17.3 Å². The van der Waals surface area contributed by atoms with E-state index in [1.54, 1.807) is 61.5 Å². The fourth-order valence-corrected chi connectivity index (χ4v) is 4.43. The molecule has 3 aromatic carbocycles. The van der Waals surface area contributed by atoms with Gasteiger partial charge in [-0.05, 0) is 54.9 Å². The lowest BCUT2D eigenvalue weighted by molar-refractivity contribution is -0.192. The predicted molar refractivity (Wildman–Crippen MR) is 162 cm³/mol. The number of methoxy groups -OCH3 is 2. The van der Waals surface area contributed by atoms with Gasteiger partial charge in [-0.2, -0.15) is 13.2 Å². The van der Waals surface area contributed by atoms with Gasteiger partial charge >= 0.3 is 12.1 Å². The molecule has 17 heteroatoms. The van der Waals surface area contributed by atoms with Crippen LogP contribution in [0.5, 0.6) is 11.5 Å². The Bertz CT molecular complexity index is 1680. The number of nitrogens with one attached hydrogen (secondary N) is 3. The molecule has 0 bridgehead atoms. The number of hydrogen-bond acceptors (Lipinski definition) is 8. The summed E-state index contributed by atoms with van der Waals surface area (Å²) in [5, 5.41) is 12.4. The number of halogens is 3. The molecule has 13 nitrogen and oxygen atoms in total. The van der Waals surface area contributed by atoms with E-state index >= 15 is 0 Å². The molecule has 0 aromatic heterocycles. The monoisotopic (exact) mass is 667 g/mol. The molecule has 6 N–H and O–H groups in total. The molecular weight excluding hydrogens is 635 g/mol. The number of amides is 2. The SMILES string of the molecule is CNS(=O)(=O)c1ccc(C)c(NC(=O)[C@H](N=C(N)NC(=O)Cc2ccc(OC)c(OC)c2)c2ccccc2)c1.O=C(O)C(F)(F)F. The van der Waals surface area contributed by atoms with Crippen molar-refractivity contribution in [2.24, 2.45) is 10.7 Å². The third-order valence-corrected chi connectivity index (χ3v) is 7.41. The Labute approximate surface area is 262 Å². The van der Waals surface area contributed by atoms with Crippen LogP contribution < -0.4 is 30.6 Å². The van der Waals surface area contributed by atoms with Crippen LogP contribution in [0.25, 0.3) is 0 Å². The summed E-state index contributed by atoms with van der Waals surface area (Å²) in [7, 11) is 0.593. The second kappa shape index (κ2) is 16.2. The van der Waals surface area contributed by atoms with Crippen molar-refractivity contribution in [2.75, 3.05) is 26.6 Å². The maximum Gasteiger partial charge on any atom is 0.490 e. The molecule has 0 aliphatic heterocycles. The van der Waals surface area contributed by atoms with Crippen molar-refractivity contribution < 1.29 is 50.6 Å². The molecule has 0 fully saturated rings. The van der Waals surface area contributed by atoms with E-state index in [2.05, 4.69) is 20.3 Å². The Hall–Kier alpha value is -5.16. The number of carbonyl (C=O) groups excluding carboxylic acids is 2. The number of hydrogen-bond donors (Lipinski definition) is 5. The Morgan fingerprint density at radius 3 is 2.13 bits per heavy atom. The Morgan fingerprint density at radius 2 is 1.59 bits per heavy atom. The van der Waals surface area contributed by atoms with E-state index < -0.39 is 40.0 Å². The third-order valence-electron chi connectivity index (χ3n) is 6.00. The van der Waals surface area contributed by atoms with Crippen molar-refractivity contribution in [3.05, 3.63) is 83.4 Å². The number of sulfonamides is 1. The van der Waals surface area contributed by atoms with Crippen LogP contribution in [0.3, 0.4) is 0 Å². The average molecular weight is 668 g/mol.